The molecule has 1 aromatic carbocycles. The lowest BCUT2D eigenvalue weighted by atomic mass is 10.3. The van der Waals surface area contributed by atoms with E-state index in [1.165, 1.54) is 23.5 Å². The van der Waals surface area contributed by atoms with Gasteiger partial charge in [0, 0.05) is 11.4 Å². The van der Waals surface area contributed by atoms with E-state index in [2.05, 4.69) is 4.90 Å². The molecule has 5 nitrogen and oxygen atoms in total. The first-order valence-electron chi connectivity index (χ1n) is 6.57. The van der Waals surface area contributed by atoms with Crippen LogP contribution in [0.25, 0.3) is 0 Å². The molecule has 1 fully saturated rings. The van der Waals surface area contributed by atoms with Crippen LogP contribution in [-0.2, 0) is 9.59 Å². The van der Waals surface area contributed by atoms with Crippen LogP contribution in [0.4, 0.5) is 5.69 Å². The predicted octanol–water partition coefficient (Wildman–Crippen LogP) is 2.73. The molecule has 0 saturated carbocycles. The number of benzene rings is 1. The van der Waals surface area contributed by atoms with E-state index < -0.39 is 12.5 Å². The number of thiocarbonyl (C=S) groups is 1. The summed E-state index contributed by atoms with van der Waals surface area (Å²) < 4.78 is 0.294. The average Bonchev–Trinajstić information content (AvgIpc) is 2.98. The van der Waals surface area contributed by atoms with Gasteiger partial charge in [0.15, 0.2) is 0 Å². The molecule has 0 bridgehead atoms. The van der Waals surface area contributed by atoms with Gasteiger partial charge in [-0.1, -0.05) is 47.9 Å². The van der Waals surface area contributed by atoms with E-state index in [9.17, 15) is 9.59 Å². The number of thioether (sulfide) groups is 2. The van der Waals surface area contributed by atoms with Gasteiger partial charge >= 0.3 is 5.97 Å². The summed E-state index contributed by atoms with van der Waals surface area (Å²) >= 11 is 7.85. The van der Waals surface area contributed by atoms with Crippen molar-refractivity contribution in [3.05, 3.63) is 34.2 Å². The predicted molar refractivity (Wildman–Crippen MR) is 91.9 cm³/mol. The van der Waals surface area contributed by atoms with E-state index in [0.29, 0.717) is 9.23 Å². The molecule has 0 aliphatic carbocycles. The Labute approximate surface area is 141 Å². The van der Waals surface area contributed by atoms with Gasteiger partial charge in [0.25, 0.3) is 5.91 Å². The highest BCUT2D eigenvalue weighted by molar-refractivity contribution is 8.27. The maximum Gasteiger partial charge on any atom is 0.323 e. The lowest BCUT2D eigenvalue weighted by Gasteiger charge is -2.19. The summed E-state index contributed by atoms with van der Waals surface area (Å²) in [5.41, 5.74) is 1.06. The van der Waals surface area contributed by atoms with Crippen LogP contribution in [0.5, 0.6) is 0 Å². The highest BCUT2D eigenvalue weighted by Crippen LogP contribution is 2.50. The molecular formula is C14H12N2O3S3. The van der Waals surface area contributed by atoms with Gasteiger partial charge in [0.1, 0.15) is 20.8 Å². The molecular weight excluding hydrogens is 340 g/mol. The molecule has 3 rings (SSSR count). The Morgan fingerprint density at radius 3 is 2.68 bits per heavy atom. The number of para-hydroxylation sites is 1. The van der Waals surface area contributed by atoms with E-state index in [1.54, 1.807) is 0 Å². The van der Waals surface area contributed by atoms with Crippen molar-refractivity contribution in [1.82, 2.24) is 4.90 Å². The van der Waals surface area contributed by atoms with Gasteiger partial charge in [-0.05, 0) is 19.1 Å². The van der Waals surface area contributed by atoms with Gasteiger partial charge in [-0.3, -0.25) is 14.5 Å². The van der Waals surface area contributed by atoms with Gasteiger partial charge in [0.05, 0.1) is 5.69 Å². The summed E-state index contributed by atoms with van der Waals surface area (Å²) in [6, 6.07) is 7.93. The molecule has 22 heavy (non-hydrogen) atoms. The number of carboxylic acid groups (broad SMARTS) is 1. The van der Waals surface area contributed by atoms with Crippen LogP contribution in [0.2, 0.25) is 0 Å². The molecule has 1 N–H and O–H groups in total. The minimum absolute atomic E-state index is 0.294. The number of carbonyl (C=O) groups is 2. The molecule has 0 aromatic heterocycles. The zero-order valence-electron chi connectivity index (χ0n) is 11.6. The minimum Gasteiger partial charge on any atom is -0.480 e. The molecule has 0 radical (unpaired) electrons. The Morgan fingerprint density at radius 2 is 2.00 bits per heavy atom. The zero-order chi connectivity index (χ0) is 15.9. The first-order chi connectivity index (χ1) is 10.5. The lowest BCUT2D eigenvalue weighted by molar-refractivity contribution is -0.140. The third-order valence-electron chi connectivity index (χ3n) is 3.26. The Hall–Kier alpha value is -1.51. The third kappa shape index (κ3) is 2.51. The Balaban J connectivity index is 2.00. The van der Waals surface area contributed by atoms with Crippen molar-refractivity contribution in [3.63, 3.8) is 0 Å². The Bertz CT molecular complexity index is 717. The molecule has 1 amide bonds. The second kappa shape index (κ2) is 5.94. The maximum atomic E-state index is 12.5. The van der Waals surface area contributed by atoms with Crippen molar-refractivity contribution in [2.45, 2.75) is 11.8 Å². The van der Waals surface area contributed by atoms with Crippen LogP contribution < -0.4 is 4.90 Å². The molecule has 114 valence electrons. The van der Waals surface area contributed by atoms with E-state index in [1.807, 2.05) is 31.2 Å². The molecule has 0 atom stereocenters. The molecule has 0 unspecified atom stereocenters. The quantitative estimate of drug-likeness (QED) is 0.663. The van der Waals surface area contributed by atoms with E-state index in [4.69, 9.17) is 17.3 Å². The summed E-state index contributed by atoms with van der Waals surface area (Å²) in [6.07, 6.45) is 0. The van der Waals surface area contributed by atoms with Gasteiger partial charge in [0.2, 0.25) is 0 Å². The number of aliphatic carboxylic acids is 1. The topological polar surface area (TPSA) is 60.9 Å². The average molecular weight is 352 g/mol. The van der Waals surface area contributed by atoms with Crippen LogP contribution in [0.15, 0.2) is 39.1 Å². The van der Waals surface area contributed by atoms with Crippen LogP contribution in [0.3, 0.4) is 0 Å². The van der Waals surface area contributed by atoms with Crippen LogP contribution in [-0.4, -0.2) is 39.3 Å². The van der Waals surface area contributed by atoms with Crippen molar-refractivity contribution in [2.75, 3.05) is 18.0 Å². The number of carbonyl (C=O) groups excluding carboxylic acids is 1. The number of fused-ring (bicyclic) bond motifs is 1. The normalized spacial score (nSPS) is 20.8. The minimum atomic E-state index is -1.07. The fourth-order valence-corrected chi connectivity index (χ4v) is 4.95. The van der Waals surface area contributed by atoms with E-state index in [0.717, 1.165) is 27.1 Å². The van der Waals surface area contributed by atoms with Gasteiger partial charge in [-0.2, -0.15) is 0 Å². The van der Waals surface area contributed by atoms with Crippen LogP contribution in [0.1, 0.15) is 6.92 Å². The summed E-state index contributed by atoms with van der Waals surface area (Å²) in [4.78, 5) is 28.2. The molecule has 2 aliphatic rings. The van der Waals surface area contributed by atoms with Crippen molar-refractivity contribution in [1.29, 1.82) is 0 Å². The first-order valence-corrected chi connectivity index (χ1v) is 8.61. The summed E-state index contributed by atoms with van der Waals surface area (Å²) in [5, 5.41) is 9.73. The highest BCUT2D eigenvalue weighted by atomic mass is 32.2. The number of amides is 1. The van der Waals surface area contributed by atoms with E-state index >= 15 is 0 Å². The Kier molecular flexibility index (Phi) is 4.16. The maximum absolute atomic E-state index is 12.5. The second-order valence-electron chi connectivity index (χ2n) is 4.60. The van der Waals surface area contributed by atoms with Gasteiger partial charge < -0.3 is 10.0 Å². The Morgan fingerprint density at radius 1 is 1.27 bits per heavy atom. The smallest absolute Gasteiger partial charge is 0.323 e. The highest BCUT2D eigenvalue weighted by Gasteiger charge is 2.39. The standard InChI is InChI=1S/C14H12N2O3S3/c1-2-15-8-5-3-4-6-9(8)21-13(15)11-12(19)16(7-10(17)18)14(20)22-11/h3-6H,2,7H2,1H3,(H,17,18)/b13-11+. The zero-order valence-corrected chi connectivity index (χ0v) is 14.1. The summed E-state index contributed by atoms with van der Waals surface area (Å²) in [7, 11) is 0. The molecule has 1 saturated heterocycles. The third-order valence-corrected chi connectivity index (χ3v) is 6.01. The monoisotopic (exact) mass is 352 g/mol. The molecule has 0 spiro atoms. The SMILES string of the molecule is CCN1/C(=C2\SC(=S)N(CC(=O)O)C2=O)Sc2ccccc21. The van der Waals surface area contributed by atoms with E-state index in [-0.39, 0.29) is 5.91 Å². The fraction of sp³-hybridized carbons (Fsp3) is 0.214. The summed E-state index contributed by atoms with van der Waals surface area (Å²) in [5.74, 6) is -1.40. The second-order valence-corrected chi connectivity index (χ2v) is 7.28. The number of rotatable bonds is 3. The number of hydrogen-bond acceptors (Lipinski definition) is 6. The van der Waals surface area contributed by atoms with Crippen molar-refractivity contribution < 1.29 is 14.7 Å². The lowest BCUT2D eigenvalue weighted by Crippen LogP contribution is -2.33. The van der Waals surface area contributed by atoms with Crippen molar-refractivity contribution in [3.8, 4) is 0 Å². The summed E-state index contributed by atoms with van der Waals surface area (Å²) in [6.45, 7) is 2.34. The fourth-order valence-electron chi connectivity index (χ4n) is 2.32. The molecule has 1 aromatic rings. The van der Waals surface area contributed by atoms with Crippen LogP contribution >= 0.6 is 35.7 Å². The number of hydrogen-bond donors (Lipinski definition) is 1. The number of carboxylic acids is 1. The van der Waals surface area contributed by atoms with Crippen molar-refractivity contribution >= 4 is 57.6 Å². The van der Waals surface area contributed by atoms with Gasteiger partial charge in [-0.25, -0.2) is 0 Å². The van der Waals surface area contributed by atoms with Gasteiger partial charge in [-0.15, -0.1) is 0 Å². The van der Waals surface area contributed by atoms with Crippen molar-refractivity contribution in [2.24, 2.45) is 0 Å². The van der Waals surface area contributed by atoms with Crippen LogP contribution in [0, 0.1) is 0 Å². The number of anilines is 1. The molecule has 2 aliphatic heterocycles. The number of nitrogens with zero attached hydrogens (tertiary/aromatic N) is 2. The molecule has 2 heterocycles. The molecule has 8 heteroatoms. The first kappa shape index (κ1) is 15.4. The largest absolute Gasteiger partial charge is 0.480 e.